The van der Waals surface area contributed by atoms with Crippen LogP contribution >= 0.6 is 0 Å². The van der Waals surface area contributed by atoms with Crippen molar-refractivity contribution in [2.45, 2.75) is 12.8 Å². The monoisotopic (exact) mass is 353 g/mol. The summed E-state index contributed by atoms with van der Waals surface area (Å²) in [4.78, 5) is 25.2. The van der Waals surface area contributed by atoms with Crippen LogP contribution in [0, 0.1) is 0 Å². The van der Waals surface area contributed by atoms with Gasteiger partial charge in [0, 0.05) is 0 Å². The number of rotatable bonds is 3. The van der Waals surface area contributed by atoms with Gasteiger partial charge in [0.05, 0.1) is 29.7 Å². The Hall–Kier alpha value is -3.48. The summed E-state index contributed by atoms with van der Waals surface area (Å²) in [7, 11) is 0. The van der Waals surface area contributed by atoms with Crippen LogP contribution in [-0.4, -0.2) is 12.6 Å². The van der Waals surface area contributed by atoms with Crippen molar-refractivity contribution >= 4 is 16.9 Å². The first kappa shape index (κ1) is 16.0. The van der Waals surface area contributed by atoms with Gasteiger partial charge in [-0.25, -0.2) is 9.59 Å². The van der Waals surface area contributed by atoms with Crippen LogP contribution in [0.2, 0.25) is 0 Å². The summed E-state index contributed by atoms with van der Waals surface area (Å²) in [6, 6.07) is 10.2. The van der Waals surface area contributed by atoms with Crippen LogP contribution in [0.4, 0.5) is 0 Å². The molecule has 0 saturated heterocycles. The van der Waals surface area contributed by atoms with Gasteiger partial charge in [0.2, 0.25) is 5.88 Å². The molecule has 1 atom stereocenters. The first-order valence-corrected chi connectivity index (χ1v) is 8.05. The molecule has 0 aliphatic carbocycles. The second kappa shape index (κ2) is 6.11. The van der Waals surface area contributed by atoms with E-state index in [9.17, 15) is 9.59 Å². The topological polar surface area (TPSA) is 105 Å². The lowest BCUT2D eigenvalue weighted by atomic mass is 9.87. The van der Waals surface area contributed by atoms with Crippen molar-refractivity contribution < 1.29 is 23.1 Å². The summed E-state index contributed by atoms with van der Waals surface area (Å²) in [5, 5.41) is 0.574. The second-order valence-corrected chi connectivity index (χ2v) is 5.68. The number of fused-ring (bicyclic) bond motifs is 3. The fourth-order valence-electron chi connectivity index (χ4n) is 3.11. The highest BCUT2D eigenvalue weighted by atomic mass is 16.5. The minimum atomic E-state index is -0.881. The third kappa shape index (κ3) is 2.36. The Kier molecular flexibility index (Phi) is 3.76. The first-order chi connectivity index (χ1) is 12.6. The quantitative estimate of drug-likeness (QED) is 0.570. The maximum atomic E-state index is 12.7. The van der Waals surface area contributed by atoms with Crippen LogP contribution in [0.25, 0.3) is 11.0 Å². The van der Waals surface area contributed by atoms with Gasteiger partial charge in [0.15, 0.2) is 5.75 Å². The van der Waals surface area contributed by atoms with Crippen molar-refractivity contribution in [3.8, 4) is 5.75 Å². The molecule has 2 aromatic heterocycles. The molecule has 3 heterocycles. The van der Waals surface area contributed by atoms with E-state index in [4.69, 9.17) is 24.0 Å². The third-order valence-electron chi connectivity index (χ3n) is 4.18. The molecule has 4 rings (SSSR count). The Morgan fingerprint density at radius 1 is 1.23 bits per heavy atom. The molecule has 26 heavy (non-hydrogen) atoms. The summed E-state index contributed by atoms with van der Waals surface area (Å²) in [6.07, 6.45) is 1.45. The molecule has 132 valence electrons. The Morgan fingerprint density at radius 2 is 2.04 bits per heavy atom. The van der Waals surface area contributed by atoms with Crippen molar-refractivity contribution in [3.05, 3.63) is 75.9 Å². The minimum Gasteiger partial charge on any atom is -0.468 e. The van der Waals surface area contributed by atoms with E-state index in [2.05, 4.69) is 0 Å². The highest BCUT2D eigenvalue weighted by Crippen LogP contribution is 2.44. The molecule has 0 fully saturated rings. The van der Waals surface area contributed by atoms with Crippen molar-refractivity contribution in [2.24, 2.45) is 5.73 Å². The second-order valence-electron chi connectivity index (χ2n) is 5.68. The predicted molar refractivity (Wildman–Crippen MR) is 91.5 cm³/mol. The molecule has 0 bridgehead atoms. The lowest BCUT2D eigenvalue weighted by Crippen LogP contribution is -2.30. The zero-order chi connectivity index (χ0) is 18.3. The van der Waals surface area contributed by atoms with E-state index in [-0.39, 0.29) is 29.4 Å². The van der Waals surface area contributed by atoms with E-state index in [0.29, 0.717) is 16.7 Å². The van der Waals surface area contributed by atoms with Crippen LogP contribution in [0.15, 0.2) is 67.7 Å². The van der Waals surface area contributed by atoms with E-state index in [1.54, 1.807) is 43.3 Å². The Morgan fingerprint density at radius 3 is 2.77 bits per heavy atom. The zero-order valence-electron chi connectivity index (χ0n) is 13.9. The van der Waals surface area contributed by atoms with Gasteiger partial charge in [-0.05, 0) is 31.2 Å². The van der Waals surface area contributed by atoms with E-state index in [0.717, 1.165) is 0 Å². The summed E-state index contributed by atoms with van der Waals surface area (Å²) < 4.78 is 21.7. The summed E-state index contributed by atoms with van der Waals surface area (Å²) in [5.41, 5.74) is 5.94. The lowest BCUT2D eigenvalue weighted by Gasteiger charge is -2.26. The molecule has 0 spiro atoms. The van der Waals surface area contributed by atoms with Gasteiger partial charge in [0.25, 0.3) is 0 Å². The van der Waals surface area contributed by atoms with Gasteiger partial charge in [0.1, 0.15) is 16.9 Å². The van der Waals surface area contributed by atoms with Crippen molar-refractivity contribution in [3.63, 3.8) is 0 Å². The van der Waals surface area contributed by atoms with Crippen molar-refractivity contribution in [1.82, 2.24) is 0 Å². The highest BCUT2D eigenvalue weighted by Gasteiger charge is 2.40. The molecule has 1 aliphatic rings. The Bertz CT molecular complexity index is 1080. The molecular formula is C19H15NO6. The summed E-state index contributed by atoms with van der Waals surface area (Å²) in [6.45, 7) is 1.83. The van der Waals surface area contributed by atoms with Crippen LogP contribution in [0.5, 0.6) is 5.75 Å². The number of hydrogen-bond donors (Lipinski definition) is 1. The largest absolute Gasteiger partial charge is 0.468 e. The van der Waals surface area contributed by atoms with Crippen LogP contribution < -0.4 is 16.1 Å². The highest BCUT2D eigenvalue weighted by molar-refractivity contribution is 5.94. The smallest absolute Gasteiger partial charge is 0.344 e. The molecule has 7 heteroatoms. The zero-order valence-corrected chi connectivity index (χ0v) is 13.9. The van der Waals surface area contributed by atoms with Gasteiger partial charge in [-0.1, -0.05) is 12.1 Å². The fourth-order valence-corrected chi connectivity index (χ4v) is 3.11. The number of furan rings is 1. The number of esters is 1. The SMILES string of the molecule is CCOC(=O)C1=C(N)Oc2c(c(=O)oc3ccccc23)[C@@H]1c1ccco1. The lowest BCUT2D eigenvalue weighted by molar-refractivity contribution is -0.139. The maximum Gasteiger partial charge on any atom is 0.344 e. The Balaban J connectivity index is 2.03. The summed E-state index contributed by atoms with van der Waals surface area (Å²) in [5.74, 6) is -1.07. The van der Waals surface area contributed by atoms with Gasteiger partial charge >= 0.3 is 11.6 Å². The number of carbonyl (C=O) groups is 1. The van der Waals surface area contributed by atoms with Gasteiger partial charge in [-0.2, -0.15) is 0 Å². The fraction of sp³-hybridized carbons (Fsp3) is 0.158. The molecule has 2 N–H and O–H groups in total. The summed E-state index contributed by atoms with van der Waals surface area (Å²) >= 11 is 0. The van der Waals surface area contributed by atoms with Crippen LogP contribution in [0.1, 0.15) is 24.2 Å². The van der Waals surface area contributed by atoms with Crippen molar-refractivity contribution in [1.29, 1.82) is 0 Å². The van der Waals surface area contributed by atoms with E-state index >= 15 is 0 Å². The van der Waals surface area contributed by atoms with Gasteiger partial charge in [-0.3, -0.25) is 0 Å². The van der Waals surface area contributed by atoms with Crippen LogP contribution in [-0.2, 0) is 9.53 Å². The van der Waals surface area contributed by atoms with E-state index in [1.165, 1.54) is 6.26 Å². The normalized spacial score (nSPS) is 16.3. The number of hydrogen-bond acceptors (Lipinski definition) is 7. The minimum absolute atomic E-state index is 0.0110. The Labute approximate surface area is 147 Å². The molecule has 0 saturated carbocycles. The molecule has 0 amide bonds. The predicted octanol–water partition coefficient (Wildman–Crippen LogP) is 2.64. The number of para-hydroxylation sites is 1. The average molecular weight is 353 g/mol. The first-order valence-electron chi connectivity index (χ1n) is 8.05. The number of benzene rings is 1. The maximum absolute atomic E-state index is 12.7. The standard InChI is InChI=1S/C19H15NO6/c1-2-23-18(21)15-13(12-8-5-9-24-12)14-16(26-17(15)20)10-6-3-4-7-11(10)25-19(14)22/h3-9,13H,2,20H2,1H3/t13-/m0/s1. The molecular weight excluding hydrogens is 338 g/mol. The molecule has 1 aromatic carbocycles. The van der Waals surface area contributed by atoms with Crippen LogP contribution in [0.3, 0.4) is 0 Å². The molecule has 1 aliphatic heterocycles. The van der Waals surface area contributed by atoms with E-state index < -0.39 is 17.5 Å². The number of ether oxygens (including phenoxy) is 2. The van der Waals surface area contributed by atoms with Crippen molar-refractivity contribution in [2.75, 3.05) is 6.61 Å². The molecule has 7 nitrogen and oxygen atoms in total. The van der Waals surface area contributed by atoms with E-state index in [1.807, 2.05) is 0 Å². The van der Waals surface area contributed by atoms with Gasteiger partial charge in [-0.15, -0.1) is 0 Å². The molecule has 3 aromatic rings. The third-order valence-corrected chi connectivity index (χ3v) is 4.18. The van der Waals surface area contributed by atoms with Gasteiger partial charge < -0.3 is 24.0 Å². The number of carbonyl (C=O) groups excluding carboxylic acids is 1. The average Bonchev–Trinajstić information content (AvgIpc) is 3.15. The molecule has 0 radical (unpaired) electrons. The number of nitrogens with two attached hydrogens (primary N) is 1. The molecule has 0 unspecified atom stereocenters.